The highest BCUT2D eigenvalue weighted by molar-refractivity contribution is 6.35. The molecule has 4 rings (SSSR count). The zero-order valence-electron chi connectivity index (χ0n) is 17.5. The number of fused-ring (bicyclic) bond motifs is 1. The smallest absolute Gasteiger partial charge is 0.372 e. The van der Waals surface area contributed by atoms with Gasteiger partial charge >= 0.3 is 5.97 Å². The van der Waals surface area contributed by atoms with Crippen molar-refractivity contribution in [3.63, 3.8) is 0 Å². The molecule has 1 amide bonds. The molecular weight excluding hydrogens is 396 g/mol. The molecule has 1 saturated heterocycles. The van der Waals surface area contributed by atoms with E-state index in [4.69, 9.17) is 9.84 Å². The van der Waals surface area contributed by atoms with E-state index in [1.54, 1.807) is 12.1 Å². The molecule has 7 heteroatoms. The summed E-state index contributed by atoms with van der Waals surface area (Å²) < 4.78 is 5.53. The summed E-state index contributed by atoms with van der Waals surface area (Å²) >= 11 is 0. The van der Waals surface area contributed by atoms with Crippen molar-refractivity contribution in [2.45, 2.75) is 25.2 Å². The summed E-state index contributed by atoms with van der Waals surface area (Å²) in [4.78, 5) is 38.5. The number of ether oxygens (including phenoxy) is 1. The standard InChI is InChI=1S/C24H26N2O5/c1-31-22-17(7-8-19-20(22)18(14-25-19)21(27)24(29)30)23(28)26-11-9-16(10-12-26)13-15-5-3-2-4-6-15/h2-8,16,18,25H,9-14H2,1H3,(H,29,30). The SMILES string of the molecule is COc1c(C(=O)N2CCC(Cc3ccccc3)CC2)ccc2c1C(C(=O)C(=O)O)CN2. The molecule has 0 bridgehead atoms. The van der Waals surface area contributed by atoms with Crippen molar-refractivity contribution in [2.75, 3.05) is 32.1 Å². The third-order valence-corrected chi connectivity index (χ3v) is 6.27. The third kappa shape index (κ3) is 4.13. The Bertz CT molecular complexity index is 997. The molecule has 0 radical (unpaired) electrons. The lowest BCUT2D eigenvalue weighted by Gasteiger charge is -2.32. The van der Waals surface area contributed by atoms with Crippen LogP contribution in [0.1, 0.15) is 40.2 Å². The van der Waals surface area contributed by atoms with Gasteiger partial charge in [0.1, 0.15) is 5.75 Å². The number of piperidine rings is 1. The molecule has 162 valence electrons. The molecule has 1 atom stereocenters. The number of ketones is 1. The average molecular weight is 422 g/mol. The fourth-order valence-electron chi connectivity index (χ4n) is 4.63. The second kappa shape index (κ2) is 8.79. The highest BCUT2D eigenvalue weighted by Crippen LogP contribution is 2.42. The van der Waals surface area contributed by atoms with Crippen molar-refractivity contribution in [1.29, 1.82) is 0 Å². The van der Waals surface area contributed by atoms with E-state index in [0.29, 0.717) is 41.6 Å². The molecule has 2 N–H and O–H groups in total. The van der Waals surface area contributed by atoms with E-state index in [2.05, 4.69) is 17.4 Å². The van der Waals surface area contributed by atoms with Crippen LogP contribution in [0.2, 0.25) is 0 Å². The number of rotatable bonds is 6. The van der Waals surface area contributed by atoms with Crippen LogP contribution in [0.5, 0.6) is 5.75 Å². The van der Waals surface area contributed by atoms with Gasteiger partial charge < -0.3 is 20.1 Å². The van der Waals surface area contributed by atoms with Gasteiger partial charge in [-0.25, -0.2) is 4.79 Å². The van der Waals surface area contributed by atoms with E-state index in [-0.39, 0.29) is 12.5 Å². The number of anilines is 1. The Balaban J connectivity index is 1.50. The number of methoxy groups -OCH3 is 1. The summed E-state index contributed by atoms with van der Waals surface area (Å²) in [5, 5.41) is 12.2. The third-order valence-electron chi connectivity index (χ3n) is 6.27. The molecule has 31 heavy (non-hydrogen) atoms. The number of carbonyl (C=O) groups is 3. The summed E-state index contributed by atoms with van der Waals surface area (Å²) in [7, 11) is 1.44. The summed E-state index contributed by atoms with van der Waals surface area (Å²) in [6.07, 6.45) is 2.86. The van der Waals surface area contributed by atoms with Crippen LogP contribution in [0.25, 0.3) is 0 Å². The topological polar surface area (TPSA) is 95.9 Å². The first-order valence-electron chi connectivity index (χ1n) is 10.5. The van der Waals surface area contributed by atoms with Gasteiger partial charge in [0, 0.05) is 30.9 Å². The van der Waals surface area contributed by atoms with E-state index in [9.17, 15) is 14.4 Å². The average Bonchev–Trinajstić information content (AvgIpc) is 3.22. The van der Waals surface area contributed by atoms with Gasteiger partial charge in [0.05, 0.1) is 18.6 Å². The minimum Gasteiger partial charge on any atom is -0.496 e. The first-order valence-corrected chi connectivity index (χ1v) is 10.5. The highest BCUT2D eigenvalue weighted by Gasteiger charge is 2.37. The molecule has 2 aromatic rings. The summed E-state index contributed by atoms with van der Waals surface area (Å²) in [6, 6.07) is 13.8. The lowest BCUT2D eigenvalue weighted by molar-refractivity contribution is -0.149. The lowest BCUT2D eigenvalue weighted by atomic mass is 9.89. The number of nitrogens with one attached hydrogen (secondary N) is 1. The predicted molar refractivity (Wildman–Crippen MR) is 116 cm³/mol. The predicted octanol–water partition coefficient (Wildman–Crippen LogP) is 2.95. The number of benzene rings is 2. The zero-order valence-corrected chi connectivity index (χ0v) is 17.5. The van der Waals surface area contributed by atoms with Gasteiger partial charge in [-0.1, -0.05) is 30.3 Å². The van der Waals surface area contributed by atoms with Crippen LogP contribution in [0.15, 0.2) is 42.5 Å². The molecule has 2 aliphatic heterocycles. The molecule has 1 unspecified atom stereocenters. The number of aliphatic carboxylic acids is 1. The van der Waals surface area contributed by atoms with Gasteiger partial charge in [0.25, 0.3) is 5.91 Å². The maximum atomic E-state index is 13.3. The van der Waals surface area contributed by atoms with Crippen molar-refractivity contribution in [3.05, 3.63) is 59.2 Å². The molecule has 0 saturated carbocycles. The maximum absolute atomic E-state index is 13.3. The number of Topliss-reactive ketones (excluding diaryl/α,β-unsaturated/α-hetero) is 1. The van der Waals surface area contributed by atoms with Gasteiger partial charge in [-0.15, -0.1) is 0 Å². The van der Waals surface area contributed by atoms with Crippen molar-refractivity contribution in [1.82, 2.24) is 4.90 Å². The summed E-state index contributed by atoms with van der Waals surface area (Å²) in [6.45, 7) is 1.50. The minimum atomic E-state index is -1.49. The Morgan fingerprint density at radius 3 is 2.45 bits per heavy atom. The van der Waals surface area contributed by atoms with Crippen molar-refractivity contribution in [2.24, 2.45) is 5.92 Å². The molecular formula is C24H26N2O5. The number of nitrogens with zero attached hydrogens (tertiary/aromatic N) is 1. The molecule has 0 spiro atoms. The summed E-state index contributed by atoms with van der Waals surface area (Å²) in [5.74, 6) is -2.58. The molecule has 7 nitrogen and oxygen atoms in total. The lowest BCUT2D eigenvalue weighted by Crippen LogP contribution is -2.39. The molecule has 2 aliphatic rings. The van der Waals surface area contributed by atoms with E-state index in [1.165, 1.54) is 12.7 Å². The number of carboxylic acids is 1. The number of carbonyl (C=O) groups excluding carboxylic acids is 2. The highest BCUT2D eigenvalue weighted by atomic mass is 16.5. The van der Waals surface area contributed by atoms with Gasteiger partial charge in [-0.05, 0) is 42.9 Å². The van der Waals surface area contributed by atoms with Crippen molar-refractivity contribution in [3.8, 4) is 5.75 Å². The normalized spacial score (nSPS) is 18.2. The van der Waals surface area contributed by atoms with Gasteiger partial charge in [-0.3, -0.25) is 9.59 Å². The molecule has 0 aliphatic carbocycles. The second-order valence-corrected chi connectivity index (χ2v) is 8.14. The monoisotopic (exact) mass is 422 g/mol. The first kappa shape index (κ1) is 20.9. The Kier molecular flexibility index (Phi) is 5.93. The quantitative estimate of drug-likeness (QED) is 0.695. The number of amides is 1. The maximum Gasteiger partial charge on any atom is 0.372 e. The van der Waals surface area contributed by atoms with Gasteiger partial charge in [-0.2, -0.15) is 0 Å². The minimum absolute atomic E-state index is 0.147. The Hall–Kier alpha value is -3.35. The molecule has 2 heterocycles. The first-order chi connectivity index (χ1) is 15.0. The van der Waals surface area contributed by atoms with Crippen LogP contribution in [-0.2, 0) is 16.0 Å². The molecule has 1 fully saturated rings. The van der Waals surface area contributed by atoms with Crippen LogP contribution in [0.3, 0.4) is 0 Å². The number of hydrogen-bond donors (Lipinski definition) is 2. The number of likely N-dealkylation sites (tertiary alicyclic amines) is 1. The second-order valence-electron chi connectivity index (χ2n) is 8.14. The van der Waals surface area contributed by atoms with Crippen LogP contribution >= 0.6 is 0 Å². The van der Waals surface area contributed by atoms with E-state index in [0.717, 1.165) is 19.3 Å². The Labute approximate surface area is 181 Å². The van der Waals surface area contributed by atoms with Crippen molar-refractivity contribution < 1.29 is 24.2 Å². The van der Waals surface area contributed by atoms with Crippen LogP contribution in [-0.4, -0.2) is 54.4 Å². The molecule has 0 aromatic heterocycles. The largest absolute Gasteiger partial charge is 0.496 e. The number of carboxylic acid groups (broad SMARTS) is 1. The zero-order chi connectivity index (χ0) is 22.0. The summed E-state index contributed by atoms with van der Waals surface area (Å²) in [5.41, 5.74) is 2.78. The fourth-order valence-corrected chi connectivity index (χ4v) is 4.63. The van der Waals surface area contributed by atoms with Crippen LogP contribution in [0, 0.1) is 5.92 Å². The Morgan fingerprint density at radius 1 is 1.10 bits per heavy atom. The van der Waals surface area contributed by atoms with Crippen molar-refractivity contribution >= 4 is 23.3 Å². The van der Waals surface area contributed by atoms with E-state index >= 15 is 0 Å². The van der Waals surface area contributed by atoms with E-state index in [1.807, 2.05) is 23.1 Å². The van der Waals surface area contributed by atoms with Crippen LogP contribution < -0.4 is 10.1 Å². The van der Waals surface area contributed by atoms with Gasteiger partial charge in [0.2, 0.25) is 5.78 Å². The van der Waals surface area contributed by atoms with Crippen LogP contribution in [0.4, 0.5) is 5.69 Å². The van der Waals surface area contributed by atoms with E-state index < -0.39 is 17.7 Å². The Morgan fingerprint density at radius 2 is 1.81 bits per heavy atom. The number of hydrogen-bond acceptors (Lipinski definition) is 5. The fraction of sp³-hybridized carbons (Fsp3) is 0.375. The van der Waals surface area contributed by atoms with Gasteiger partial charge in [0.15, 0.2) is 0 Å². The molecule has 2 aromatic carbocycles.